The minimum atomic E-state index is -0.410. The summed E-state index contributed by atoms with van der Waals surface area (Å²) in [7, 11) is 1.62. The summed E-state index contributed by atoms with van der Waals surface area (Å²) in [6.07, 6.45) is 0. The van der Waals surface area contributed by atoms with Gasteiger partial charge in [-0.15, -0.1) is 0 Å². The molecule has 82 valence electrons. The molecule has 0 radical (unpaired) electrons. The van der Waals surface area contributed by atoms with E-state index >= 15 is 0 Å². The minimum absolute atomic E-state index is 0.250. The van der Waals surface area contributed by atoms with E-state index in [0.29, 0.717) is 5.02 Å². The van der Waals surface area contributed by atoms with Crippen LogP contribution in [0.3, 0.4) is 0 Å². The predicted molar refractivity (Wildman–Crippen MR) is 63.8 cm³/mol. The van der Waals surface area contributed by atoms with Gasteiger partial charge < -0.3 is 9.67 Å². The normalized spacial score (nSPS) is 10.4. The molecule has 16 heavy (non-hydrogen) atoms. The second-order valence-electron chi connectivity index (χ2n) is 3.47. The lowest BCUT2D eigenvalue weighted by Gasteiger charge is -2.08. The maximum Gasteiger partial charge on any atom is 0.292 e. The Morgan fingerprint density at radius 1 is 1.12 bits per heavy atom. The van der Waals surface area contributed by atoms with E-state index in [1.807, 2.05) is 12.1 Å². The van der Waals surface area contributed by atoms with Gasteiger partial charge in [-0.1, -0.05) is 23.7 Å². The molecule has 0 atom stereocenters. The lowest BCUT2D eigenvalue weighted by atomic mass is 10.1. The molecule has 2 aromatic rings. The highest BCUT2D eigenvalue weighted by atomic mass is 35.5. The van der Waals surface area contributed by atoms with Crippen molar-refractivity contribution in [1.82, 2.24) is 4.57 Å². The zero-order chi connectivity index (χ0) is 11.7. The molecule has 0 saturated carbocycles. The van der Waals surface area contributed by atoms with Gasteiger partial charge in [-0.3, -0.25) is 4.79 Å². The second kappa shape index (κ2) is 4.02. The Kier molecular flexibility index (Phi) is 2.71. The molecule has 1 N–H and O–H groups in total. The topological polar surface area (TPSA) is 42.2 Å². The van der Waals surface area contributed by atoms with Crippen LogP contribution in [0.25, 0.3) is 11.3 Å². The molecule has 0 bridgehead atoms. The van der Waals surface area contributed by atoms with E-state index in [1.54, 1.807) is 25.2 Å². The van der Waals surface area contributed by atoms with Crippen molar-refractivity contribution in [3.63, 3.8) is 0 Å². The lowest BCUT2D eigenvalue weighted by molar-refractivity contribution is 0.461. The van der Waals surface area contributed by atoms with Crippen LogP contribution < -0.4 is 5.56 Å². The minimum Gasteiger partial charge on any atom is -0.503 e. The van der Waals surface area contributed by atoms with Crippen molar-refractivity contribution in [2.24, 2.45) is 7.05 Å². The fraction of sp³-hybridized carbons (Fsp3) is 0.0833. The molecule has 1 aromatic heterocycles. The van der Waals surface area contributed by atoms with Crippen LogP contribution in [0.5, 0.6) is 5.75 Å². The number of halogens is 1. The van der Waals surface area contributed by atoms with Crippen LogP contribution in [0.2, 0.25) is 5.02 Å². The number of benzene rings is 1. The van der Waals surface area contributed by atoms with Crippen LogP contribution in [0.4, 0.5) is 0 Å². The first-order chi connectivity index (χ1) is 7.59. The van der Waals surface area contributed by atoms with E-state index in [9.17, 15) is 9.90 Å². The molecule has 0 aliphatic carbocycles. The van der Waals surface area contributed by atoms with E-state index in [2.05, 4.69) is 0 Å². The fourth-order valence-electron chi connectivity index (χ4n) is 1.53. The third-order valence-electron chi connectivity index (χ3n) is 2.42. The number of hydrogen-bond donors (Lipinski definition) is 1. The van der Waals surface area contributed by atoms with E-state index in [1.165, 1.54) is 10.6 Å². The average Bonchev–Trinajstić information content (AvgIpc) is 2.28. The number of aromatic hydroxyl groups is 1. The molecule has 1 aromatic carbocycles. The SMILES string of the molecule is Cn1c(-c2ccc(Cl)cc2)ccc(O)c1=O. The Bertz CT molecular complexity index is 573. The Labute approximate surface area is 97.5 Å². The highest BCUT2D eigenvalue weighted by Crippen LogP contribution is 2.20. The van der Waals surface area contributed by atoms with E-state index < -0.39 is 5.56 Å². The van der Waals surface area contributed by atoms with Gasteiger partial charge in [0, 0.05) is 12.1 Å². The van der Waals surface area contributed by atoms with Crippen molar-refractivity contribution in [3.05, 3.63) is 51.8 Å². The highest BCUT2D eigenvalue weighted by Gasteiger charge is 2.05. The molecule has 3 nitrogen and oxygen atoms in total. The van der Waals surface area contributed by atoms with Gasteiger partial charge in [0.05, 0.1) is 5.69 Å². The third-order valence-corrected chi connectivity index (χ3v) is 2.68. The number of aromatic nitrogens is 1. The quantitative estimate of drug-likeness (QED) is 0.825. The molecule has 4 heteroatoms. The van der Waals surface area contributed by atoms with Gasteiger partial charge in [0.25, 0.3) is 5.56 Å². The standard InChI is InChI=1S/C12H10ClNO2/c1-14-10(6-7-11(15)12(14)16)8-2-4-9(13)5-3-8/h2-7,15H,1H3. The maximum atomic E-state index is 11.5. The summed E-state index contributed by atoms with van der Waals surface area (Å²) < 4.78 is 1.40. The van der Waals surface area contributed by atoms with Gasteiger partial charge in [0.1, 0.15) is 0 Å². The zero-order valence-electron chi connectivity index (χ0n) is 8.64. The third kappa shape index (κ3) is 1.82. The Balaban J connectivity index is 2.61. The average molecular weight is 236 g/mol. The summed E-state index contributed by atoms with van der Waals surface area (Å²) in [4.78, 5) is 11.5. The van der Waals surface area contributed by atoms with Crippen molar-refractivity contribution >= 4 is 11.6 Å². The summed E-state index contributed by atoms with van der Waals surface area (Å²) in [5.74, 6) is -0.250. The molecule has 0 aliphatic rings. The molecule has 0 spiro atoms. The Hall–Kier alpha value is -1.74. The van der Waals surface area contributed by atoms with Crippen molar-refractivity contribution in [3.8, 4) is 17.0 Å². The van der Waals surface area contributed by atoms with Gasteiger partial charge in [-0.25, -0.2) is 0 Å². The van der Waals surface area contributed by atoms with Crippen LogP contribution in [-0.4, -0.2) is 9.67 Å². The molecule has 2 rings (SSSR count). The van der Waals surface area contributed by atoms with Gasteiger partial charge in [-0.2, -0.15) is 0 Å². The van der Waals surface area contributed by atoms with Crippen molar-refractivity contribution in [1.29, 1.82) is 0 Å². The van der Waals surface area contributed by atoms with Crippen LogP contribution in [0.1, 0.15) is 0 Å². The van der Waals surface area contributed by atoms with E-state index in [4.69, 9.17) is 11.6 Å². The largest absolute Gasteiger partial charge is 0.503 e. The van der Waals surface area contributed by atoms with Gasteiger partial charge >= 0.3 is 0 Å². The summed E-state index contributed by atoms with van der Waals surface area (Å²) in [6.45, 7) is 0. The molecular formula is C12H10ClNO2. The summed E-state index contributed by atoms with van der Waals surface area (Å²) in [6, 6.07) is 10.3. The first-order valence-electron chi connectivity index (χ1n) is 4.74. The molecule has 0 amide bonds. The monoisotopic (exact) mass is 235 g/mol. The molecule has 0 saturated heterocycles. The van der Waals surface area contributed by atoms with Crippen molar-refractivity contribution in [2.75, 3.05) is 0 Å². The van der Waals surface area contributed by atoms with E-state index in [0.717, 1.165) is 11.3 Å². The molecule has 0 unspecified atom stereocenters. The molecular weight excluding hydrogens is 226 g/mol. The number of nitrogens with zero attached hydrogens (tertiary/aromatic N) is 1. The van der Waals surface area contributed by atoms with Crippen molar-refractivity contribution in [2.45, 2.75) is 0 Å². The molecule has 1 heterocycles. The fourth-order valence-corrected chi connectivity index (χ4v) is 1.66. The number of pyridine rings is 1. The van der Waals surface area contributed by atoms with Crippen LogP contribution in [-0.2, 0) is 7.05 Å². The first-order valence-corrected chi connectivity index (χ1v) is 5.12. The van der Waals surface area contributed by atoms with Crippen LogP contribution in [0.15, 0.2) is 41.2 Å². The van der Waals surface area contributed by atoms with Gasteiger partial charge in [0.2, 0.25) is 0 Å². The maximum absolute atomic E-state index is 11.5. The van der Waals surface area contributed by atoms with E-state index in [-0.39, 0.29) is 5.75 Å². The van der Waals surface area contributed by atoms with Crippen LogP contribution in [0, 0.1) is 0 Å². The van der Waals surface area contributed by atoms with Crippen molar-refractivity contribution < 1.29 is 5.11 Å². The van der Waals surface area contributed by atoms with Gasteiger partial charge in [0.15, 0.2) is 5.75 Å². The van der Waals surface area contributed by atoms with Crippen LogP contribution >= 0.6 is 11.6 Å². The van der Waals surface area contributed by atoms with Gasteiger partial charge in [-0.05, 0) is 29.8 Å². The molecule has 0 fully saturated rings. The number of rotatable bonds is 1. The molecule has 0 aliphatic heterocycles. The highest BCUT2D eigenvalue weighted by molar-refractivity contribution is 6.30. The summed E-state index contributed by atoms with van der Waals surface area (Å²) in [5.41, 5.74) is 1.20. The smallest absolute Gasteiger partial charge is 0.292 e. The summed E-state index contributed by atoms with van der Waals surface area (Å²) in [5, 5.41) is 9.91. The Morgan fingerprint density at radius 3 is 2.38 bits per heavy atom. The summed E-state index contributed by atoms with van der Waals surface area (Å²) >= 11 is 5.79. The first kappa shape index (κ1) is 10.8. The lowest BCUT2D eigenvalue weighted by Crippen LogP contribution is -2.17. The second-order valence-corrected chi connectivity index (χ2v) is 3.91. The predicted octanol–water partition coefficient (Wildman–Crippen LogP) is 2.41. The number of hydrogen-bond acceptors (Lipinski definition) is 2. The zero-order valence-corrected chi connectivity index (χ0v) is 9.40. The Morgan fingerprint density at radius 2 is 1.75 bits per heavy atom.